The lowest BCUT2D eigenvalue weighted by Crippen LogP contribution is -2.49. The third kappa shape index (κ3) is 17.3. The van der Waals surface area contributed by atoms with Crippen LogP contribution in [0.4, 0.5) is 4.79 Å². The molecule has 0 aliphatic heterocycles. The summed E-state index contributed by atoms with van der Waals surface area (Å²) in [4.78, 5) is 29.6. The van der Waals surface area contributed by atoms with Crippen molar-refractivity contribution in [3.05, 3.63) is 0 Å². The summed E-state index contributed by atoms with van der Waals surface area (Å²) in [6.07, 6.45) is 2.42. The van der Waals surface area contributed by atoms with Gasteiger partial charge in [-0.2, -0.15) is 0 Å². The van der Waals surface area contributed by atoms with Gasteiger partial charge in [0.2, 0.25) is 5.91 Å². The van der Waals surface area contributed by atoms with Crippen LogP contribution in [0.3, 0.4) is 0 Å². The minimum atomic E-state index is -0.544. The number of carbonyl (C=O) groups excluding carboxylic acids is 2. The lowest BCUT2D eigenvalue weighted by Gasteiger charge is -2.24. The first-order chi connectivity index (χ1) is 13.1. The maximum atomic E-state index is 11.9. The number of likely N-dealkylation sites (N-methyl/N-ethyl adjacent to an activating group) is 1. The standard InChI is InChI=1S/C19H39N5O4.HI/c1-8-9-10-15(13-22-18(26)28-19(2,3)4)23-17(20-11-12-27-7)21-14-16(25)24(5)6;/h15H,8-14H2,1-7H3,(H,22,26)(H2,20,21,23);1H. The highest BCUT2D eigenvalue weighted by Crippen LogP contribution is 2.07. The fourth-order valence-electron chi connectivity index (χ4n) is 2.10. The van der Waals surface area contributed by atoms with Crippen molar-refractivity contribution in [1.29, 1.82) is 0 Å². The zero-order valence-electron chi connectivity index (χ0n) is 19.0. The van der Waals surface area contributed by atoms with Crippen LogP contribution in [0.2, 0.25) is 0 Å². The molecule has 0 aliphatic carbocycles. The second-order valence-electron chi connectivity index (χ2n) is 7.74. The van der Waals surface area contributed by atoms with E-state index in [9.17, 15) is 9.59 Å². The van der Waals surface area contributed by atoms with E-state index in [0.29, 0.717) is 25.7 Å². The van der Waals surface area contributed by atoms with E-state index in [4.69, 9.17) is 9.47 Å². The molecule has 0 fully saturated rings. The predicted octanol–water partition coefficient (Wildman–Crippen LogP) is 1.96. The number of halogens is 1. The van der Waals surface area contributed by atoms with E-state index in [-0.39, 0.29) is 42.5 Å². The lowest BCUT2D eigenvalue weighted by atomic mass is 10.1. The molecule has 0 radical (unpaired) electrons. The number of guanidine groups is 1. The fraction of sp³-hybridized carbons (Fsp3) is 0.842. The largest absolute Gasteiger partial charge is 0.444 e. The van der Waals surface area contributed by atoms with E-state index in [1.165, 1.54) is 4.90 Å². The van der Waals surface area contributed by atoms with Crippen LogP contribution >= 0.6 is 24.0 Å². The van der Waals surface area contributed by atoms with Crippen molar-refractivity contribution in [2.24, 2.45) is 4.99 Å². The topological polar surface area (TPSA) is 104 Å². The van der Waals surface area contributed by atoms with E-state index in [2.05, 4.69) is 27.9 Å². The molecule has 0 heterocycles. The van der Waals surface area contributed by atoms with Gasteiger partial charge in [-0.25, -0.2) is 9.79 Å². The Balaban J connectivity index is 0. The number of nitrogens with one attached hydrogen (secondary N) is 3. The van der Waals surface area contributed by atoms with E-state index < -0.39 is 11.7 Å². The van der Waals surface area contributed by atoms with Gasteiger partial charge >= 0.3 is 6.09 Å². The second kappa shape index (κ2) is 16.5. The molecule has 2 amide bonds. The normalized spacial score (nSPS) is 12.4. The third-order valence-corrected chi connectivity index (χ3v) is 3.61. The van der Waals surface area contributed by atoms with Gasteiger partial charge in [-0.3, -0.25) is 4.79 Å². The van der Waals surface area contributed by atoms with Crippen LogP contribution in [-0.4, -0.2) is 81.9 Å². The molecule has 0 saturated carbocycles. The van der Waals surface area contributed by atoms with Crippen molar-refractivity contribution in [3.8, 4) is 0 Å². The smallest absolute Gasteiger partial charge is 0.407 e. The van der Waals surface area contributed by atoms with Gasteiger partial charge in [0.25, 0.3) is 0 Å². The Morgan fingerprint density at radius 1 is 1.17 bits per heavy atom. The van der Waals surface area contributed by atoms with Crippen LogP contribution in [-0.2, 0) is 14.3 Å². The van der Waals surface area contributed by atoms with Crippen molar-refractivity contribution in [3.63, 3.8) is 0 Å². The Bertz CT molecular complexity index is 495. The number of ether oxygens (including phenoxy) is 2. The third-order valence-electron chi connectivity index (χ3n) is 3.61. The zero-order valence-corrected chi connectivity index (χ0v) is 21.3. The number of unbranched alkanes of at least 4 members (excludes halogenated alkanes) is 1. The molecule has 1 atom stereocenters. The van der Waals surface area contributed by atoms with Gasteiger partial charge < -0.3 is 30.3 Å². The van der Waals surface area contributed by atoms with Gasteiger partial charge in [-0.05, 0) is 27.2 Å². The summed E-state index contributed by atoms with van der Waals surface area (Å²) in [5, 5.41) is 9.25. The average Bonchev–Trinajstić information content (AvgIpc) is 2.59. The number of rotatable bonds is 11. The predicted molar refractivity (Wildman–Crippen MR) is 127 cm³/mol. The molecule has 29 heavy (non-hydrogen) atoms. The Labute approximate surface area is 192 Å². The minimum absolute atomic E-state index is 0. The molecule has 0 bridgehead atoms. The van der Waals surface area contributed by atoms with Crippen molar-refractivity contribution in [2.75, 3.05) is 47.4 Å². The van der Waals surface area contributed by atoms with Gasteiger partial charge in [0.05, 0.1) is 6.61 Å². The summed E-state index contributed by atoms with van der Waals surface area (Å²) in [5.41, 5.74) is -0.544. The van der Waals surface area contributed by atoms with Gasteiger partial charge in [-0.15, -0.1) is 24.0 Å². The number of amides is 2. The Kier molecular flexibility index (Phi) is 17.0. The van der Waals surface area contributed by atoms with E-state index in [1.807, 2.05) is 20.8 Å². The molecule has 0 rings (SSSR count). The molecule has 172 valence electrons. The second-order valence-corrected chi connectivity index (χ2v) is 7.74. The first-order valence-electron chi connectivity index (χ1n) is 9.79. The van der Waals surface area contributed by atoms with Gasteiger partial charge in [-0.1, -0.05) is 19.8 Å². The quantitative estimate of drug-likeness (QED) is 0.164. The highest BCUT2D eigenvalue weighted by Gasteiger charge is 2.18. The highest BCUT2D eigenvalue weighted by molar-refractivity contribution is 14.0. The molecule has 0 saturated heterocycles. The SMILES string of the molecule is CCCCC(CNC(=O)OC(C)(C)C)NC(=NCC(=O)N(C)C)NCCOC.I. The number of hydrogen-bond donors (Lipinski definition) is 3. The van der Waals surface area contributed by atoms with Crippen LogP contribution in [0.25, 0.3) is 0 Å². The summed E-state index contributed by atoms with van der Waals surface area (Å²) >= 11 is 0. The number of carbonyl (C=O) groups is 2. The van der Waals surface area contributed by atoms with Gasteiger partial charge in [0, 0.05) is 40.3 Å². The highest BCUT2D eigenvalue weighted by atomic mass is 127. The summed E-state index contributed by atoms with van der Waals surface area (Å²) in [5.74, 6) is 0.421. The monoisotopic (exact) mass is 529 g/mol. The molecule has 9 nitrogen and oxygen atoms in total. The maximum Gasteiger partial charge on any atom is 0.407 e. The minimum Gasteiger partial charge on any atom is -0.444 e. The molecule has 0 spiro atoms. The summed E-state index contributed by atoms with van der Waals surface area (Å²) < 4.78 is 10.3. The molecule has 1 unspecified atom stereocenters. The Hall–Kier alpha value is -1.30. The number of hydrogen-bond acceptors (Lipinski definition) is 5. The molecule has 0 aromatic rings. The van der Waals surface area contributed by atoms with Gasteiger partial charge in [0.15, 0.2) is 5.96 Å². The molecular weight excluding hydrogens is 489 g/mol. The number of alkyl carbamates (subject to hydrolysis) is 1. The van der Waals surface area contributed by atoms with E-state index >= 15 is 0 Å². The van der Waals surface area contributed by atoms with Gasteiger partial charge in [0.1, 0.15) is 12.1 Å². The molecule has 0 aromatic carbocycles. The maximum absolute atomic E-state index is 11.9. The van der Waals surface area contributed by atoms with Crippen molar-refractivity contribution in [2.45, 2.75) is 58.6 Å². The number of nitrogens with zero attached hydrogens (tertiary/aromatic N) is 2. The molecule has 0 aliphatic rings. The Morgan fingerprint density at radius 3 is 2.34 bits per heavy atom. The molecule has 10 heteroatoms. The average molecular weight is 529 g/mol. The molecule has 3 N–H and O–H groups in total. The fourth-order valence-corrected chi connectivity index (χ4v) is 2.10. The summed E-state index contributed by atoms with van der Waals surface area (Å²) in [6, 6.07) is -0.0456. The first kappa shape index (κ1) is 29.9. The van der Waals surface area contributed by atoms with E-state index in [1.54, 1.807) is 21.2 Å². The van der Waals surface area contributed by atoms with E-state index in [0.717, 1.165) is 19.3 Å². The summed E-state index contributed by atoms with van der Waals surface area (Å²) in [6.45, 7) is 9.08. The van der Waals surface area contributed by atoms with Crippen molar-refractivity contribution < 1.29 is 19.1 Å². The van der Waals surface area contributed by atoms with Crippen molar-refractivity contribution in [1.82, 2.24) is 20.9 Å². The van der Waals surface area contributed by atoms with Crippen LogP contribution in [0.15, 0.2) is 4.99 Å². The first-order valence-corrected chi connectivity index (χ1v) is 9.79. The van der Waals surface area contributed by atoms with Crippen LogP contribution in [0.1, 0.15) is 47.0 Å². The molecular formula is C19H40IN5O4. The summed E-state index contributed by atoms with van der Waals surface area (Å²) in [7, 11) is 5.01. The van der Waals surface area contributed by atoms with Crippen LogP contribution in [0.5, 0.6) is 0 Å². The lowest BCUT2D eigenvalue weighted by molar-refractivity contribution is -0.127. The van der Waals surface area contributed by atoms with Crippen LogP contribution in [0, 0.1) is 0 Å². The Morgan fingerprint density at radius 2 is 1.83 bits per heavy atom. The van der Waals surface area contributed by atoms with Crippen LogP contribution < -0.4 is 16.0 Å². The van der Waals surface area contributed by atoms with Crippen molar-refractivity contribution >= 4 is 41.9 Å². The number of methoxy groups -OCH3 is 1. The number of aliphatic imine (C=N–C) groups is 1. The zero-order chi connectivity index (χ0) is 21.6. The molecule has 0 aromatic heterocycles.